The van der Waals surface area contributed by atoms with Gasteiger partial charge in [0.25, 0.3) is 5.91 Å². The zero-order chi connectivity index (χ0) is 15.3. The highest BCUT2D eigenvalue weighted by molar-refractivity contribution is 9.10. The summed E-state index contributed by atoms with van der Waals surface area (Å²) in [6, 6.07) is 1.73. The lowest BCUT2D eigenvalue weighted by Crippen LogP contribution is -2.39. The fraction of sp³-hybridized carbons (Fsp3) is 0.571. The monoisotopic (exact) mass is 342 g/mol. The van der Waals surface area contributed by atoms with E-state index in [4.69, 9.17) is 5.73 Å². The molecule has 0 aliphatic carbocycles. The lowest BCUT2D eigenvalue weighted by molar-refractivity contribution is 0.0725. The zero-order valence-corrected chi connectivity index (χ0v) is 14.1. The highest BCUT2D eigenvalue weighted by Crippen LogP contribution is 2.18. The third-order valence-electron chi connectivity index (χ3n) is 2.81. The molecule has 1 heterocycles. The third kappa shape index (κ3) is 5.09. The summed E-state index contributed by atoms with van der Waals surface area (Å²) in [5.74, 6) is 0.617. The molecule has 0 saturated carbocycles. The molecular formula is C14H23BrN4O. The number of hydrogen-bond acceptors (Lipinski definition) is 4. The Hall–Kier alpha value is -1.14. The molecule has 1 aromatic rings. The average molecular weight is 343 g/mol. The molecule has 0 bridgehead atoms. The van der Waals surface area contributed by atoms with Crippen LogP contribution in [-0.2, 0) is 0 Å². The molecule has 0 saturated heterocycles. The van der Waals surface area contributed by atoms with Gasteiger partial charge in [-0.25, -0.2) is 4.98 Å². The Morgan fingerprint density at radius 2 is 2.05 bits per heavy atom. The molecule has 1 amide bonds. The number of halogens is 1. The average Bonchev–Trinajstić information content (AvgIpc) is 2.36. The van der Waals surface area contributed by atoms with Crippen LogP contribution in [0.5, 0.6) is 0 Å². The highest BCUT2D eigenvalue weighted by Gasteiger charge is 2.20. The van der Waals surface area contributed by atoms with E-state index in [9.17, 15) is 4.79 Å². The summed E-state index contributed by atoms with van der Waals surface area (Å²) >= 11 is 3.33. The second kappa shape index (κ2) is 7.59. The minimum atomic E-state index is -0.0631. The summed E-state index contributed by atoms with van der Waals surface area (Å²) in [7, 11) is 3.99. The molecule has 0 fully saturated rings. The van der Waals surface area contributed by atoms with E-state index in [0.29, 0.717) is 24.6 Å². The minimum Gasteiger partial charge on any atom is -0.383 e. The maximum Gasteiger partial charge on any atom is 0.257 e. The Balaban J connectivity index is 2.93. The van der Waals surface area contributed by atoms with Crippen LogP contribution in [-0.4, -0.2) is 54.4 Å². The van der Waals surface area contributed by atoms with Crippen LogP contribution in [0.1, 0.15) is 24.2 Å². The van der Waals surface area contributed by atoms with Gasteiger partial charge in [-0.05, 0) is 42.0 Å². The first-order chi connectivity index (χ1) is 9.31. The van der Waals surface area contributed by atoms with Crippen LogP contribution in [0.25, 0.3) is 0 Å². The second-order valence-corrected chi connectivity index (χ2v) is 6.45. The van der Waals surface area contributed by atoms with Gasteiger partial charge in [-0.15, -0.1) is 0 Å². The molecule has 20 heavy (non-hydrogen) atoms. The molecule has 0 aliphatic heterocycles. The van der Waals surface area contributed by atoms with E-state index in [1.165, 1.54) is 0 Å². The number of nitrogens with two attached hydrogens (primary N) is 1. The van der Waals surface area contributed by atoms with E-state index < -0.39 is 0 Å². The summed E-state index contributed by atoms with van der Waals surface area (Å²) < 4.78 is 0.757. The van der Waals surface area contributed by atoms with Gasteiger partial charge in [-0.3, -0.25) is 4.79 Å². The van der Waals surface area contributed by atoms with Gasteiger partial charge in [0.05, 0.1) is 5.56 Å². The fourth-order valence-electron chi connectivity index (χ4n) is 1.83. The van der Waals surface area contributed by atoms with Gasteiger partial charge in [0, 0.05) is 30.3 Å². The number of rotatable bonds is 6. The van der Waals surface area contributed by atoms with Crippen molar-refractivity contribution in [2.45, 2.75) is 13.8 Å². The number of amides is 1. The van der Waals surface area contributed by atoms with Crippen LogP contribution >= 0.6 is 15.9 Å². The Bertz CT molecular complexity index is 462. The Morgan fingerprint density at radius 3 is 2.60 bits per heavy atom. The van der Waals surface area contributed by atoms with E-state index in [1.807, 2.05) is 19.0 Å². The van der Waals surface area contributed by atoms with Crippen LogP contribution in [0.4, 0.5) is 5.82 Å². The van der Waals surface area contributed by atoms with Crippen molar-refractivity contribution in [3.05, 3.63) is 22.3 Å². The highest BCUT2D eigenvalue weighted by atomic mass is 79.9. The number of aromatic nitrogens is 1. The van der Waals surface area contributed by atoms with Crippen molar-refractivity contribution in [2.24, 2.45) is 5.92 Å². The number of carbonyl (C=O) groups excluding carboxylic acids is 1. The second-order valence-electron chi connectivity index (χ2n) is 5.53. The normalized spacial score (nSPS) is 11.2. The van der Waals surface area contributed by atoms with Crippen molar-refractivity contribution in [1.82, 2.24) is 14.8 Å². The van der Waals surface area contributed by atoms with Crippen LogP contribution < -0.4 is 5.73 Å². The van der Waals surface area contributed by atoms with Gasteiger partial charge in [-0.2, -0.15) is 0 Å². The quantitative estimate of drug-likeness (QED) is 0.859. The van der Waals surface area contributed by atoms with Crippen LogP contribution in [0.3, 0.4) is 0 Å². The summed E-state index contributed by atoms with van der Waals surface area (Å²) in [4.78, 5) is 20.6. The summed E-state index contributed by atoms with van der Waals surface area (Å²) in [6.45, 7) is 6.39. The molecule has 1 rings (SSSR count). The van der Waals surface area contributed by atoms with Crippen molar-refractivity contribution < 1.29 is 4.79 Å². The zero-order valence-electron chi connectivity index (χ0n) is 12.6. The van der Waals surface area contributed by atoms with Gasteiger partial charge >= 0.3 is 0 Å². The first-order valence-electron chi connectivity index (χ1n) is 6.66. The number of pyridine rings is 1. The number of nitrogen functional groups attached to an aromatic ring is 1. The molecule has 5 nitrogen and oxygen atoms in total. The van der Waals surface area contributed by atoms with Gasteiger partial charge in [-0.1, -0.05) is 13.8 Å². The van der Waals surface area contributed by atoms with Crippen LogP contribution in [0.15, 0.2) is 16.7 Å². The standard InChI is InChI=1S/C14H23BrN4O/c1-10(2)9-19(6-5-18(3)4)14(20)12-7-11(15)8-17-13(12)16/h7-8,10H,5-6,9H2,1-4H3,(H2,16,17). The maximum absolute atomic E-state index is 12.6. The smallest absolute Gasteiger partial charge is 0.257 e. The van der Waals surface area contributed by atoms with E-state index in [2.05, 4.69) is 39.7 Å². The molecule has 0 radical (unpaired) electrons. The lowest BCUT2D eigenvalue weighted by atomic mass is 10.1. The molecule has 0 atom stereocenters. The first kappa shape index (κ1) is 16.9. The molecule has 0 spiro atoms. The number of nitrogens with zero attached hydrogens (tertiary/aromatic N) is 3. The van der Waals surface area contributed by atoms with Crippen molar-refractivity contribution in [3.8, 4) is 0 Å². The van der Waals surface area contributed by atoms with Crippen molar-refractivity contribution in [1.29, 1.82) is 0 Å². The summed E-state index contributed by atoms with van der Waals surface area (Å²) in [5, 5.41) is 0. The van der Waals surface area contributed by atoms with E-state index in [-0.39, 0.29) is 11.7 Å². The number of anilines is 1. The predicted molar refractivity (Wildman–Crippen MR) is 85.6 cm³/mol. The van der Waals surface area contributed by atoms with Gasteiger partial charge in [0.15, 0.2) is 0 Å². The molecule has 0 aliphatic rings. The number of likely N-dealkylation sites (N-methyl/N-ethyl adjacent to an activating group) is 1. The van der Waals surface area contributed by atoms with Gasteiger partial charge < -0.3 is 15.5 Å². The SMILES string of the molecule is CC(C)CN(CCN(C)C)C(=O)c1cc(Br)cnc1N. The largest absolute Gasteiger partial charge is 0.383 e. The van der Waals surface area contributed by atoms with Crippen molar-refractivity contribution in [3.63, 3.8) is 0 Å². The summed E-state index contributed by atoms with van der Waals surface area (Å²) in [6.07, 6.45) is 1.60. The third-order valence-corrected chi connectivity index (χ3v) is 3.24. The molecular weight excluding hydrogens is 320 g/mol. The molecule has 2 N–H and O–H groups in total. The van der Waals surface area contributed by atoms with Gasteiger partial charge in [0.1, 0.15) is 5.82 Å². The van der Waals surface area contributed by atoms with Crippen molar-refractivity contribution >= 4 is 27.7 Å². The van der Waals surface area contributed by atoms with Crippen LogP contribution in [0, 0.1) is 5.92 Å². The van der Waals surface area contributed by atoms with Crippen molar-refractivity contribution in [2.75, 3.05) is 39.5 Å². The Kier molecular flexibility index (Phi) is 6.42. The molecule has 112 valence electrons. The predicted octanol–water partition coefficient (Wildman–Crippen LogP) is 2.09. The summed E-state index contributed by atoms with van der Waals surface area (Å²) in [5.41, 5.74) is 6.28. The van der Waals surface area contributed by atoms with E-state index in [1.54, 1.807) is 12.3 Å². The molecule has 6 heteroatoms. The van der Waals surface area contributed by atoms with Crippen LogP contribution in [0.2, 0.25) is 0 Å². The Morgan fingerprint density at radius 1 is 1.40 bits per heavy atom. The van der Waals surface area contributed by atoms with E-state index >= 15 is 0 Å². The lowest BCUT2D eigenvalue weighted by Gasteiger charge is -2.26. The van der Waals surface area contributed by atoms with E-state index in [0.717, 1.165) is 11.0 Å². The maximum atomic E-state index is 12.6. The molecule has 0 unspecified atom stereocenters. The Labute approximate surface area is 129 Å². The fourth-order valence-corrected chi connectivity index (χ4v) is 2.16. The topological polar surface area (TPSA) is 62.5 Å². The number of carbonyl (C=O) groups is 1. The first-order valence-corrected chi connectivity index (χ1v) is 7.45. The number of hydrogen-bond donors (Lipinski definition) is 1. The van der Waals surface area contributed by atoms with Gasteiger partial charge in [0.2, 0.25) is 0 Å². The minimum absolute atomic E-state index is 0.0631. The molecule has 1 aromatic heterocycles. The molecule has 0 aromatic carbocycles.